The molecule has 0 aliphatic heterocycles. The number of carbonyl (C=O) groups is 1. The van der Waals surface area contributed by atoms with Crippen LogP contribution in [0.15, 0.2) is 48.8 Å². The van der Waals surface area contributed by atoms with E-state index in [4.69, 9.17) is 0 Å². The van der Waals surface area contributed by atoms with Crippen molar-refractivity contribution >= 4 is 11.6 Å². The molecule has 28 heavy (non-hydrogen) atoms. The molecule has 1 amide bonds. The van der Waals surface area contributed by atoms with Crippen LogP contribution in [0, 0.1) is 12.7 Å². The van der Waals surface area contributed by atoms with Gasteiger partial charge in [0, 0.05) is 23.9 Å². The smallest absolute Gasteiger partial charge is 0.257 e. The molecule has 3 rings (SSSR count). The quantitative estimate of drug-likeness (QED) is 0.612. The molecule has 0 fully saturated rings. The third kappa shape index (κ3) is 4.21. The Morgan fingerprint density at radius 3 is 2.71 bits per heavy atom. The van der Waals surface area contributed by atoms with Crippen LogP contribution < -0.4 is 10.6 Å². The maximum absolute atomic E-state index is 13.8. The highest BCUT2D eigenvalue weighted by Gasteiger charge is 2.15. The van der Waals surface area contributed by atoms with Crippen LogP contribution in [0.4, 0.5) is 10.1 Å². The lowest BCUT2D eigenvalue weighted by molar-refractivity contribution is 0.102. The number of halogens is 1. The number of hydrogen-bond acceptors (Lipinski definition) is 5. The number of anilines is 1. The SMILES string of the molecule is CNCc1ccc(F)cc1-c1ccc(C(=O)Nc2cnccc2CO)c(C)n1. The van der Waals surface area contributed by atoms with Crippen molar-refractivity contribution < 1.29 is 14.3 Å². The molecule has 0 aliphatic rings. The van der Waals surface area contributed by atoms with Gasteiger partial charge in [-0.25, -0.2) is 4.39 Å². The average Bonchev–Trinajstić information content (AvgIpc) is 2.69. The standard InChI is InChI=1S/C21H21FN4O2/c1-13-17(21(28)26-20-11-24-8-7-15(20)12-27)5-6-19(25-13)18-9-16(22)4-3-14(18)10-23-2/h3-9,11,23,27H,10,12H2,1-2H3,(H,26,28). The summed E-state index contributed by atoms with van der Waals surface area (Å²) in [4.78, 5) is 21.1. The van der Waals surface area contributed by atoms with Crippen LogP contribution in [0.2, 0.25) is 0 Å². The summed E-state index contributed by atoms with van der Waals surface area (Å²) in [5.41, 5.74) is 4.11. The van der Waals surface area contributed by atoms with E-state index in [1.54, 1.807) is 37.4 Å². The largest absolute Gasteiger partial charge is 0.392 e. The number of nitrogens with zero attached hydrogens (tertiary/aromatic N) is 2. The molecule has 0 bridgehead atoms. The van der Waals surface area contributed by atoms with Crippen LogP contribution in [0.25, 0.3) is 11.3 Å². The lowest BCUT2D eigenvalue weighted by Gasteiger charge is -2.13. The van der Waals surface area contributed by atoms with Gasteiger partial charge in [-0.2, -0.15) is 0 Å². The highest BCUT2D eigenvalue weighted by molar-refractivity contribution is 6.05. The first-order valence-corrected chi connectivity index (χ1v) is 8.79. The Morgan fingerprint density at radius 1 is 1.18 bits per heavy atom. The summed E-state index contributed by atoms with van der Waals surface area (Å²) >= 11 is 0. The number of rotatable bonds is 6. The zero-order valence-corrected chi connectivity index (χ0v) is 15.7. The van der Waals surface area contributed by atoms with Gasteiger partial charge in [0.05, 0.1) is 35.4 Å². The predicted octanol–water partition coefficient (Wildman–Crippen LogP) is 3.06. The summed E-state index contributed by atoms with van der Waals surface area (Å²) in [7, 11) is 1.82. The van der Waals surface area contributed by atoms with Crippen LogP contribution in [-0.2, 0) is 13.2 Å². The van der Waals surface area contributed by atoms with Gasteiger partial charge in [-0.15, -0.1) is 0 Å². The van der Waals surface area contributed by atoms with Crippen LogP contribution in [0.5, 0.6) is 0 Å². The maximum Gasteiger partial charge on any atom is 0.257 e. The minimum Gasteiger partial charge on any atom is -0.392 e. The molecule has 3 N–H and O–H groups in total. The van der Waals surface area contributed by atoms with E-state index in [2.05, 4.69) is 20.6 Å². The van der Waals surface area contributed by atoms with Crippen molar-refractivity contribution in [3.8, 4) is 11.3 Å². The monoisotopic (exact) mass is 380 g/mol. The topological polar surface area (TPSA) is 87.1 Å². The van der Waals surface area contributed by atoms with Gasteiger partial charge < -0.3 is 15.7 Å². The Hall–Kier alpha value is -3.16. The molecule has 1 aromatic carbocycles. The van der Waals surface area contributed by atoms with Crippen molar-refractivity contribution in [2.45, 2.75) is 20.1 Å². The molecule has 2 aromatic heterocycles. The van der Waals surface area contributed by atoms with Crippen molar-refractivity contribution in [3.05, 3.63) is 77.0 Å². The number of carbonyl (C=O) groups excluding carboxylic acids is 1. The molecule has 0 unspecified atom stereocenters. The molecular weight excluding hydrogens is 359 g/mol. The molecule has 0 spiro atoms. The Kier molecular flexibility index (Phi) is 6.08. The van der Waals surface area contributed by atoms with Crippen molar-refractivity contribution in [2.75, 3.05) is 12.4 Å². The summed E-state index contributed by atoms with van der Waals surface area (Å²) in [5.74, 6) is -0.696. The van der Waals surface area contributed by atoms with E-state index in [9.17, 15) is 14.3 Å². The van der Waals surface area contributed by atoms with E-state index >= 15 is 0 Å². The van der Waals surface area contributed by atoms with Crippen molar-refractivity contribution in [3.63, 3.8) is 0 Å². The zero-order chi connectivity index (χ0) is 20.1. The Balaban J connectivity index is 1.91. The van der Waals surface area contributed by atoms with Crippen LogP contribution in [0.3, 0.4) is 0 Å². The lowest BCUT2D eigenvalue weighted by atomic mass is 10.0. The Labute approximate surface area is 162 Å². The fraction of sp³-hybridized carbons (Fsp3) is 0.190. The molecular formula is C21H21FN4O2. The Bertz CT molecular complexity index is 1010. The van der Waals surface area contributed by atoms with Gasteiger partial charge in [-0.1, -0.05) is 6.07 Å². The molecule has 0 saturated heterocycles. The van der Waals surface area contributed by atoms with Crippen molar-refractivity contribution in [1.82, 2.24) is 15.3 Å². The summed E-state index contributed by atoms with van der Waals surface area (Å²) in [6.07, 6.45) is 3.03. The fourth-order valence-electron chi connectivity index (χ4n) is 2.95. The molecule has 0 saturated carbocycles. The normalized spacial score (nSPS) is 10.7. The third-order valence-corrected chi connectivity index (χ3v) is 4.38. The van der Waals surface area contributed by atoms with E-state index in [0.717, 1.165) is 5.56 Å². The van der Waals surface area contributed by atoms with Gasteiger partial charge in [-0.3, -0.25) is 14.8 Å². The first kappa shape index (κ1) is 19.6. The molecule has 0 atom stereocenters. The van der Waals surface area contributed by atoms with Crippen molar-refractivity contribution in [1.29, 1.82) is 0 Å². The average molecular weight is 380 g/mol. The molecule has 6 nitrogen and oxygen atoms in total. The predicted molar refractivity (Wildman–Crippen MR) is 105 cm³/mol. The molecule has 7 heteroatoms. The molecule has 3 aromatic rings. The summed E-state index contributed by atoms with van der Waals surface area (Å²) < 4.78 is 13.8. The minimum atomic E-state index is -0.353. The highest BCUT2D eigenvalue weighted by atomic mass is 19.1. The molecule has 2 heterocycles. The first-order chi connectivity index (χ1) is 13.5. The number of nitrogens with one attached hydrogen (secondary N) is 2. The van der Waals surface area contributed by atoms with Gasteiger partial charge in [-0.05, 0) is 49.9 Å². The first-order valence-electron chi connectivity index (χ1n) is 8.79. The Morgan fingerprint density at radius 2 is 2.00 bits per heavy atom. The van der Waals surface area contributed by atoms with Crippen LogP contribution >= 0.6 is 0 Å². The second-order valence-electron chi connectivity index (χ2n) is 6.31. The highest BCUT2D eigenvalue weighted by Crippen LogP contribution is 2.25. The van der Waals surface area contributed by atoms with E-state index in [-0.39, 0.29) is 18.3 Å². The van der Waals surface area contributed by atoms with E-state index in [1.807, 2.05) is 7.05 Å². The number of hydrogen-bond donors (Lipinski definition) is 3. The molecule has 0 aliphatic carbocycles. The van der Waals surface area contributed by atoms with E-state index in [0.29, 0.717) is 40.3 Å². The third-order valence-electron chi connectivity index (χ3n) is 4.38. The lowest BCUT2D eigenvalue weighted by Crippen LogP contribution is -2.16. The molecule has 144 valence electrons. The fourth-order valence-corrected chi connectivity index (χ4v) is 2.95. The number of amides is 1. The summed E-state index contributed by atoms with van der Waals surface area (Å²) in [6.45, 7) is 2.09. The summed E-state index contributed by atoms with van der Waals surface area (Å²) in [5, 5.41) is 15.2. The maximum atomic E-state index is 13.8. The molecule has 0 radical (unpaired) electrons. The van der Waals surface area contributed by atoms with Gasteiger partial charge >= 0.3 is 0 Å². The van der Waals surface area contributed by atoms with E-state index in [1.165, 1.54) is 18.3 Å². The number of aliphatic hydroxyl groups is 1. The number of aliphatic hydroxyl groups excluding tert-OH is 1. The van der Waals surface area contributed by atoms with Gasteiger partial charge in [0.15, 0.2) is 0 Å². The van der Waals surface area contributed by atoms with Gasteiger partial charge in [0.1, 0.15) is 5.82 Å². The summed E-state index contributed by atoms with van der Waals surface area (Å²) in [6, 6.07) is 9.58. The van der Waals surface area contributed by atoms with Crippen LogP contribution in [-0.4, -0.2) is 28.0 Å². The van der Waals surface area contributed by atoms with Gasteiger partial charge in [0.25, 0.3) is 5.91 Å². The number of aromatic nitrogens is 2. The number of aryl methyl sites for hydroxylation is 1. The van der Waals surface area contributed by atoms with Crippen molar-refractivity contribution in [2.24, 2.45) is 0 Å². The second-order valence-corrected chi connectivity index (χ2v) is 6.31. The number of pyridine rings is 2. The second kappa shape index (κ2) is 8.69. The zero-order valence-electron chi connectivity index (χ0n) is 15.7. The van der Waals surface area contributed by atoms with Gasteiger partial charge in [0.2, 0.25) is 0 Å². The number of benzene rings is 1. The van der Waals surface area contributed by atoms with E-state index < -0.39 is 0 Å². The van der Waals surface area contributed by atoms with Crippen LogP contribution in [0.1, 0.15) is 27.2 Å². The minimum absolute atomic E-state index is 0.206.